The highest BCUT2D eigenvalue weighted by molar-refractivity contribution is 5.67. The van der Waals surface area contributed by atoms with Gasteiger partial charge in [-0.15, -0.1) is 0 Å². The maximum Gasteiger partial charge on any atom is 0.307 e. The van der Waals surface area contributed by atoms with E-state index in [0.29, 0.717) is 12.2 Å². The van der Waals surface area contributed by atoms with Crippen molar-refractivity contribution in [2.75, 3.05) is 0 Å². The van der Waals surface area contributed by atoms with E-state index in [2.05, 4.69) is 0 Å². The zero-order valence-corrected chi connectivity index (χ0v) is 5.83. The third-order valence-electron chi connectivity index (χ3n) is 1.38. The summed E-state index contributed by atoms with van der Waals surface area (Å²) in [6.07, 6.45) is 2.64. The molecule has 0 aliphatic heterocycles. The van der Waals surface area contributed by atoms with Crippen molar-refractivity contribution < 1.29 is 14.6 Å². The van der Waals surface area contributed by atoms with Gasteiger partial charge in [-0.1, -0.05) is 0 Å². The van der Waals surface area contributed by atoms with Gasteiger partial charge in [0.05, 0.1) is 0 Å². The topological polar surface area (TPSA) is 46.5 Å². The van der Waals surface area contributed by atoms with E-state index in [4.69, 9.17) is 9.84 Å². The number of aliphatic hydroxyl groups is 1. The Labute approximate surface area is 59.3 Å². The van der Waals surface area contributed by atoms with Gasteiger partial charge in [0.15, 0.2) is 0 Å². The summed E-state index contributed by atoms with van der Waals surface area (Å²) in [6, 6.07) is 0. The van der Waals surface area contributed by atoms with E-state index in [-0.39, 0.29) is 5.97 Å². The Balaban J connectivity index is 2.47. The zero-order valence-electron chi connectivity index (χ0n) is 5.83. The van der Waals surface area contributed by atoms with Crippen LogP contribution in [0.3, 0.4) is 0 Å². The first-order chi connectivity index (χ1) is 4.70. The van der Waals surface area contributed by atoms with E-state index < -0.39 is 6.10 Å². The minimum absolute atomic E-state index is 0.368. The Morgan fingerprint density at radius 3 is 3.00 bits per heavy atom. The lowest BCUT2D eigenvalue weighted by atomic mass is 10.3. The maximum atomic E-state index is 10.4. The molecule has 0 radical (unpaired) electrons. The Kier molecular flexibility index (Phi) is 2.06. The molecule has 0 fully saturated rings. The lowest BCUT2D eigenvalue weighted by Crippen LogP contribution is -2.10. The third kappa shape index (κ3) is 1.57. The molecule has 0 amide bonds. The first-order valence-corrected chi connectivity index (χ1v) is 3.26. The smallest absolute Gasteiger partial charge is 0.307 e. The summed E-state index contributed by atoms with van der Waals surface area (Å²) in [5, 5.41) is 9.09. The van der Waals surface area contributed by atoms with Gasteiger partial charge in [-0.25, -0.2) is 0 Å². The van der Waals surface area contributed by atoms with Crippen LogP contribution in [0, 0.1) is 0 Å². The summed E-state index contributed by atoms with van der Waals surface area (Å²) in [5.41, 5.74) is 0. The number of carbonyl (C=O) groups excluding carboxylic acids is 1. The Hall–Kier alpha value is -0.830. The van der Waals surface area contributed by atoms with E-state index in [1.165, 1.54) is 6.92 Å². The fraction of sp³-hybridized carbons (Fsp3) is 0.571. The molecule has 0 aromatic rings. The van der Waals surface area contributed by atoms with Gasteiger partial charge in [0.2, 0.25) is 0 Å². The Morgan fingerprint density at radius 2 is 2.60 bits per heavy atom. The SMILES string of the molecule is CC(=O)OC1=CCC[C@H]1O. The van der Waals surface area contributed by atoms with Crippen molar-refractivity contribution in [3.8, 4) is 0 Å². The van der Waals surface area contributed by atoms with Crippen molar-refractivity contribution in [2.24, 2.45) is 0 Å². The first kappa shape index (κ1) is 7.28. The van der Waals surface area contributed by atoms with Gasteiger partial charge >= 0.3 is 5.97 Å². The zero-order chi connectivity index (χ0) is 7.56. The predicted octanol–water partition coefficient (Wildman–Crippen LogP) is 0.588. The van der Waals surface area contributed by atoms with E-state index in [9.17, 15) is 4.79 Å². The average Bonchev–Trinajstić information content (AvgIpc) is 2.15. The molecular weight excluding hydrogens is 132 g/mol. The van der Waals surface area contributed by atoms with E-state index >= 15 is 0 Å². The number of hydrogen-bond acceptors (Lipinski definition) is 3. The molecule has 0 saturated carbocycles. The predicted molar refractivity (Wildman–Crippen MR) is 35.1 cm³/mol. The minimum Gasteiger partial charge on any atom is -0.429 e. The Bertz CT molecular complexity index is 172. The van der Waals surface area contributed by atoms with Crippen LogP contribution in [0.1, 0.15) is 19.8 Å². The van der Waals surface area contributed by atoms with Crippen LogP contribution < -0.4 is 0 Å². The second-order valence-electron chi connectivity index (χ2n) is 2.29. The highest BCUT2D eigenvalue weighted by Gasteiger charge is 2.18. The quantitative estimate of drug-likeness (QED) is 0.545. The van der Waals surface area contributed by atoms with Crippen molar-refractivity contribution in [1.82, 2.24) is 0 Å². The number of carbonyl (C=O) groups is 1. The number of hydrogen-bond donors (Lipinski definition) is 1. The molecule has 0 spiro atoms. The van der Waals surface area contributed by atoms with Gasteiger partial charge in [0, 0.05) is 6.92 Å². The molecule has 0 heterocycles. The highest BCUT2D eigenvalue weighted by Crippen LogP contribution is 2.19. The van der Waals surface area contributed by atoms with Crippen LogP contribution >= 0.6 is 0 Å². The van der Waals surface area contributed by atoms with Gasteiger partial charge in [-0.3, -0.25) is 4.79 Å². The molecule has 0 aromatic heterocycles. The summed E-state index contributed by atoms with van der Waals surface area (Å²) in [5.74, 6) is 0.0414. The number of rotatable bonds is 1. The molecule has 3 nitrogen and oxygen atoms in total. The van der Waals surface area contributed by atoms with Crippen molar-refractivity contribution in [2.45, 2.75) is 25.9 Å². The fourth-order valence-electron chi connectivity index (χ4n) is 0.937. The summed E-state index contributed by atoms with van der Waals surface area (Å²) < 4.78 is 4.70. The fourth-order valence-corrected chi connectivity index (χ4v) is 0.937. The van der Waals surface area contributed by atoms with Crippen LogP contribution in [0.2, 0.25) is 0 Å². The summed E-state index contributed by atoms with van der Waals surface area (Å²) in [7, 11) is 0. The molecule has 1 aliphatic rings. The highest BCUT2D eigenvalue weighted by atomic mass is 16.5. The van der Waals surface area contributed by atoms with Crippen LogP contribution in [-0.2, 0) is 9.53 Å². The number of allylic oxidation sites excluding steroid dienone is 1. The van der Waals surface area contributed by atoms with Crippen molar-refractivity contribution >= 4 is 5.97 Å². The standard InChI is InChI=1S/C7H10O3/c1-5(8)10-7-4-2-3-6(7)9/h4,6,9H,2-3H2,1H3/t6-/m1/s1. The molecule has 0 saturated heterocycles. The van der Waals surface area contributed by atoms with E-state index in [1.54, 1.807) is 6.08 Å². The van der Waals surface area contributed by atoms with Gasteiger partial charge < -0.3 is 9.84 Å². The molecule has 1 rings (SSSR count). The van der Waals surface area contributed by atoms with E-state index in [0.717, 1.165) is 6.42 Å². The van der Waals surface area contributed by atoms with Crippen molar-refractivity contribution in [3.63, 3.8) is 0 Å². The minimum atomic E-state index is -0.566. The number of esters is 1. The monoisotopic (exact) mass is 142 g/mol. The second kappa shape index (κ2) is 2.84. The first-order valence-electron chi connectivity index (χ1n) is 3.26. The third-order valence-corrected chi connectivity index (χ3v) is 1.38. The van der Waals surface area contributed by atoms with Crippen molar-refractivity contribution in [1.29, 1.82) is 0 Å². The Morgan fingerprint density at radius 1 is 1.90 bits per heavy atom. The van der Waals surface area contributed by atoms with Gasteiger partial charge in [0.25, 0.3) is 0 Å². The molecule has 0 unspecified atom stereocenters. The largest absolute Gasteiger partial charge is 0.429 e. The summed E-state index contributed by atoms with van der Waals surface area (Å²) in [4.78, 5) is 10.4. The van der Waals surface area contributed by atoms with Crippen LogP contribution in [0.15, 0.2) is 11.8 Å². The normalized spacial score (nSPS) is 24.2. The van der Waals surface area contributed by atoms with Gasteiger partial charge in [-0.05, 0) is 18.9 Å². The average molecular weight is 142 g/mol. The molecule has 1 atom stereocenters. The van der Waals surface area contributed by atoms with Crippen LogP contribution in [0.25, 0.3) is 0 Å². The van der Waals surface area contributed by atoms with Crippen LogP contribution in [0.4, 0.5) is 0 Å². The molecule has 0 bridgehead atoms. The molecular formula is C7H10O3. The van der Waals surface area contributed by atoms with Crippen LogP contribution in [-0.4, -0.2) is 17.2 Å². The van der Waals surface area contributed by atoms with E-state index in [1.807, 2.05) is 0 Å². The van der Waals surface area contributed by atoms with Gasteiger partial charge in [-0.2, -0.15) is 0 Å². The van der Waals surface area contributed by atoms with Gasteiger partial charge in [0.1, 0.15) is 11.9 Å². The van der Waals surface area contributed by atoms with Crippen LogP contribution in [0.5, 0.6) is 0 Å². The molecule has 3 heteroatoms. The summed E-state index contributed by atoms with van der Waals surface area (Å²) in [6.45, 7) is 1.33. The maximum absolute atomic E-state index is 10.4. The number of ether oxygens (including phenoxy) is 1. The second-order valence-corrected chi connectivity index (χ2v) is 2.29. The number of aliphatic hydroxyl groups excluding tert-OH is 1. The molecule has 10 heavy (non-hydrogen) atoms. The molecule has 0 aromatic carbocycles. The lowest BCUT2D eigenvalue weighted by Gasteiger charge is -2.05. The molecule has 1 N–H and O–H groups in total. The lowest BCUT2D eigenvalue weighted by molar-refractivity contribution is -0.138. The summed E-state index contributed by atoms with van der Waals surface area (Å²) >= 11 is 0. The van der Waals surface area contributed by atoms with Crippen molar-refractivity contribution in [3.05, 3.63) is 11.8 Å². The molecule has 56 valence electrons. The molecule has 1 aliphatic carbocycles.